The van der Waals surface area contributed by atoms with Gasteiger partial charge in [0, 0.05) is 41.4 Å². The maximum absolute atomic E-state index is 12.8. The number of carbonyl (C=O) groups excluding carboxylic acids is 3. The van der Waals surface area contributed by atoms with Gasteiger partial charge in [-0.2, -0.15) is 0 Å². The molecule has 1 saturated heterocycles. The predicted octanol–water partition coefficient (Wildman–Crippen LogP) is 4.03. The summed E-state index contributed by atoms with van der Waals surface area (Å²) in [5.74, 6) is -1.08. The summed E-state index contributed by atoms with van der Waals surface area (Å²) in [5, 5.41) is 2.20. The Morgan fingerprint density at radius 3 is 2.00 bits per heavy atom. The van der Waals surface area contributed by atoms with Crippen molar-refractivity contribution >= 4 is 45.7 Å². The zero-order valence-corrected chi connectivity index (χ0v) is 16.8. The lowest BCUT2D eigenvalue weighted by Crippen LogP contribution is -2.56. The van der Waals surface area contributed by atoms with Crippen LogP contribution in [0.5, 0.6) is 0 Å². The van der Waals surface area contributed by atoms with E-state index in [9.17, 15) is 14.4 Å². The van der Waals surface area contributed by atoms with E-state index in [1.807, 2.05) is 30.3 Å². The number of imide groups is 2. The number of nitrogens with zero attached hydrogens (tertiary/aromatic N) is 3. The summed E-state index contributed by atoms with van der Waals surface area (Å²) >= 11 is 0. The highest BCUT2D eigenvalue weighted by molar-refractivity contribution is 6.31. The Morgan fingerprint density at radius 1 is 0.759 bits per heavy atom. The first-order valence-corrected chi connectivity index (χ1v) is 9.92. The van der Waals surface area contributed by atoms with Crippen molar-refractivity contribution in [3.05, 3.63) is 53.6 Å². The predicted molar refractivity (Wildman–Crippen MR) is 113 cm³/mol. The van der Waals surface area contributed by atoms with Crippen molar-refractivity contribution in [2.45, 2.75) is 27.3 Å². The van der Waals surface area contributed by atoms with Gasteiger partial charge in [-0.25, -0.2) is 4.79 Å². The zero-order chi connectivity index (χ0) is 20.7. The molecule has 0 spiro atoms. The average molecular weight is 389 g/mol. The van der Waals surface area contributed by atoms with Crippen LogP contribution < -0.4 is 0 Å². The van der Waals surface area contributed by atoms with Crippen molar-refractivity contribution in [3.63, 3.8) is 0 Å². The summed E-state index contributed by atoms with van der Waals surface area (Å²) in [5.41, 5.74) is 3.04. The second-order valence-electron chi connectivity index (χ2n) is 6.98. The maximum atomic E-state index is 12.8. The molecule has 6 nitrogen and oxygen atoms in total. The van der Waals surface area contributed by atoms with E-state index < -0.39 is 17.8 Å². The monoisotopic (exact) mass is 389 g/mol. The van der Waals surface area contributed by atoms with Crippen molar-refractivity contribution in [3.8, 4) is 0 Å². The molecule has 2 aromatic carbocycles. The normalized spacial score (nSPS) is 15.1. The summed E-state index contributed by atoms with van der Waals surface area (Å²) in [4.78, 5) is 40.1. The van der Waals surface area contributed by atoms with E-state index in [1.165, 1.54) is 0 Å². The number of fused-ring (bicyclic) bond motifs is 3. The Labute approximate surface area is 169 Å². The number of aromatic nitrogens is 1. The fourth-order valence-electron chi connectivity index (χ4n) is 4.05. The number of amides is 4. The lowest BCUT2D eigenvalue weighted by molar-refractivity contribution is -0.135. The van der Waals surface area contributed by atoms with Crippen LogP contribution in [0, 0.1) is 0 Å². The second-order valence-corrected chi connectivity index (χ2v) is 6.98. The summed E-state index contributed by atoms with van der Waals surface area (Å²) < 4.78 is 2.24. The first kappa shape index (κ1) is 18.9. The molecule has 0 unspecified atom stereocenters. The Kier molecular flexibility index (Phi) is 4.70. The standard InChI is InChI=1S/C23H23N3O3/c1-4-24-19-10-8-7-9-16(19)17-13-15(11-12-20(17)24)14-18-21(27)25(5-2)23(29)26(6-3)22(18)28/h7-14H,4-6H2,1-3H3. The van der Waals surface area contributed by atoms with Gasteiger partial charge in [0.15, 0.2) is 0 Å². The molecule has 0 bridgehead atoms. The first-order valence-electron chi connectivity index (χ1n) is 9.92. The topological polar surface area (TPSA) is 62.6 Å². The SMILES string of the molecule is CCN1C(=O)C(=Cc2ccc3c(c2)c2ccccc2n3CC)C(=O)N(CC)C1=O. The fraction of sp³-hybridized carbons (Fsp3) is 0.261. The third-order valence-corrected chi connectivity index (χ3v) is 5.47. The quantitative estimate of drug-likeness (QED) is 0.500. The minimum absolute atomic E-state index is 0.0203. The number of rotatable bonds is 4. The Balaban J connectivity index is 1.87. The highest BCUT2D eigenvalue weighted by Gasteiger charge is 2.40. The Morgan fingerprint density at radius 2 is 1.38 bits per heavy atom. The fourth-order valence-corrected chi connectivity index (χ4v) is 4.05. The molecule has 0 radical (unpaired) electrons. The van der Waals surface area contributed by atoms with Crippen LogP contribution in [0.15, 0.2) is 48.0 Å². The van der Waals surface area contributed by atoms with Crippen molar-refractivity contribution in [1.29, 1.82) is 0 Å². The van der Waals surface area contributed by atoms with Crippen LogP contribution in [-0.2, 0) is 16.1 Å². The molecule has 0 aliphatic carbocycles. The molecular weight excluding hydrogens is 366 g/mol. The van der Waals surface area contributed by atoms with Gasteiger partial charge in [-0.15, -0.1) is 0 Å². The molecule has 4 rings (SSSR count). The van der Waals surface area contributed by atoms with Crippen LogP contribution in [0.3, 0.4) is 0 Å². The minimum atomic E-state index is -0.552. The van der Waals surface area contributed by atoms with E-state index in [0.29, 0.717) is 0 Å². The molecule has 29 heavy (non-hydrogen) atoms. The average Bonchev–Trinajstić information content (AvgIpc) is 3.05. The van der Waals surface area contributed by atoms with E-state index in [2.05, 4.69) is 23.6 Å². The molecule has 0 saturated carbocycles. The summed E-state index contributed by atoms with van der Waals surface area (Å²) in [6.45, 7) is 6.85. The first-order chi connectivity index (χ1) is 14.0. The van der Waals surface area contributed by atoms with Gasteiger partial charge >= 0.3 is 6.03 Å². The van der Waals surface area contributed by atoms with E-state index in [-0.39, 0.29) is 18.7 Å². The van der Waals surface area contributed by atoms with E-state index >= 15 is 0 Å². The zero-order valence-electron chi connectivity index (χ0n) is 16.8. The Bertz CT molecular complexity index is 1160. The molecule has 1 aliphatic heterocycles. The smallest absolute Gasteiger partial charge is 0.333 e. The van der Waals surface area contributed by atoms with Crippen molar-refractivity contribution in [2.75, 3.05) is 13.1 Å². The molecule has 1 fully saturated rings. The highest BCUT2D eigenvalue weighted by atomic mass is 16.2. The third kappa shape index (κ3) is 2.83. The van der Waals surface area contributed by atoms with E-state index in [1.54, 1.807) is 19.9 Å². The van der Waals surface area contributed by atoms with Crippen LogP contribution in [0.2, 0.25) is 0 Å². The number of hydrogen-bond acceptors (Lipinski definition) is 3. The molecule has 0 N–H and O–H groups in total. The third-order valence-electron chi connectivity index (χ3n) is 5.47. The number of urea groups is 1. The van der Waals surface area contributed by atoms with Gasteiger partial charge < -0.3 is 4.57 Å². The van der Waals surface area contributed by atoms with Gasteiger partial charge in [-0.3, -0.25) is 19.4 Å². The van der Waals surface area contributed by atoms with Crippen LogP contribution >= 0.6 is 0 Å². The van der Waals surface area contributed by atoms with Crippen molar-refractivity contribution in [2.24, 2.45) is 0 Å². The molecule has 148 valence electrons. The number of para-hydroxylation sites is 1. The van der Waals surface area contributed by atoms with Gasteiger partial charge in [0.05, 0.1) is 0 Å². The number of likely N-dealkylation sites (N-methyl/N-ethyl adjacent to an activating group) is 2. The summed E-state index contributed by atoms with van der Waals surface area (Å²) in [6.07, 6.45) is 1.60. The van der Waals surface area contributed by atoms with Gasteiger partial charge in [0.2, 0.25) is 0 Å². The highest BCUT2D eigenvalue weighted by Crippen LogP contribution is 2.30. The molecule has 0 atom stereocenters. The lowest BCUT2D eigenvalue weighted by Gasteiger charge is -2.32. The van der Waals surface area contributed by atoms with Gasteiger partial charge in [-0.05, 0) is 50.6 Å². The van der Waals surface area contributed by atoms with Crippen molar-refractivity contribution < 1.29 is 14.4 Å². The van der Waals surface area contributed by atoms with Crippen LogP contribution in [0.4, 0.5) is 4.79 Å². The largest absolute Gasteiger partial charge is 0.341 e. The van der Waals surface area contributed by atoms with Crippen LogP contribution in [0.25, 0.3) is 27.9 Å². The number of carbonyl (C=O) groups is 3. The van der Waals surface area contributed by atoms with Gasteiger partial charge in [0.25, 0.3) is 11.8 Å². The Hall–Kier alpha value is -3.41. The van der Waals surface area contributed by atoms with E-state index in [4.69, 9.17) is 0 Å². The molecular formula is C23H23N3O3. The number of hydrogen-bond donors (Lipinski definition) is 0. The molecule has 1 aromatic heterocycles. The molecule has 6 heteroatoms. The minimum Gasteiger partial charge on any atom is -0.341 e. The van der Waals surface area contributed by atoms with Crippen molar-refractivity contribution in [1.82, 2.24) is 14.4 Å². The number of benzene rings is 2. The summed E-state index contributed by atoms with van der Waals surface area (Å²) in [6, 6.07) is 13.6. The molecule has 4 amide bonds. The second kappa shape index (κ2) is 7.20. The molecule has 1 aliphatic rings. The molecule has 2 heterocycles. The van der Waals surface area contributed by atoms with Gasteiger partial charge in [-0.1, -0.05) is 24.3 Å². The maximum Gasteiger partial charge on any atom is 0.333 e. The lowest BCUT2D eigenvalue weighted by atomic mass is 10.0. The van der Waals surface area contributed by atoms with Crippen LogP contribution in [-0.4, -0.2) is 45.3 Å². The number of barbiturate groups is 1. The van der Waals surface area contributed by atoms with Crippen LogP contribution in [0.1, 0.15) is 26.3 Å². The number of aryl methyl sites for hydroxylation is 1. The summed E-state index contributed by atoms with van der Waals surface area (Å²) in [7, 11) is 0. The molecule has 3 aromatic rings. The van der Waals surface area contributed by atoms with E-state index in [0.717, 1.165) is 43.7 Å². The van der Waals surface area contributed by atoms with Gasteiger partial charge in [0.1, 0.15) is 5.57 Å².